The zero-order chi connectivity index (χ0) is 67.2. The van der Waals surface area contributed by atoms with Crippen LogP contribution in [0.2, 0.25) is 0 Å². The molecule has 0 saturated carbocycles. The monoisotopic (exact) mass is 1310 g/mol. The minimum Gasteiger partial charge on any atom is -0.466 e. The Balaban J connectivity index is 1.84. The Morgan fingerprint density at radius 2 is 0.720 bits per heavy atom. The highest BCUT2D eigenvalue weighted by Gasteiger charge is 2.44. The maximum Gasteiger partial charge on any atom is 0.305 e. The molecule has 548 valence electrons. The van der Waals surface area contributed by atoms with Crippen LogP contribution in [-0.4, -0.2) is 100 Å². The first-order valence-electron chi connectivity index (χ1n) is 40.8. The number of rotatable bonds is 73. The highest BCUT2D eigenvalue weighted by Crippen LogP contribution is 2.24. The zero-order valence-electron chi connectivity index (χ0n) is 61.2. The molecule has 6 N–H and O–H groups in total. The largest absolute Gasteiger partial charge is 0.466 e. The molecule has 1 saturated heterocycles. The lowest BCUT2D eigenvalue weighted by molar-refractivity contribution is -0.302. The fraction of sp³-hybridized carbons (Fsp3) is 0.902. The van der Waals surface area contributed by atoms with E-state index in [-0.39, 0.29) is 18.5 Å². The molecule has 1 aliphatic heterocycles. The molecule has 0 aliphatic carbocycles. The van der Waals surface area contributed by atoms with Gasteiger partial charge in [0.15, 0.2) is 6.29 Å². The van der Waals surface area contributed by atoms with Gasteiger partial charge >= 0.3 is 5.97 Å². The van der Waals surface area contributed by atoms with Gasteiger partial charge in [0.1, 0.15) is 24.4 Å². The Morgan fingerprint density at radius 1 is 0.398 bits per heavy atom. The molecule has 1 fully saturated rings. The van der Waals surface area contributed by atoms with E-state index in [0.717, 1.165) is 64.2 Å². The Hall–Kier alpha value is -2.12. The summed E-state index contributed by atoms with van der Waals surface area (Å²) in [5.41, 5.74) is 0. The zero-order valence-corrected chi connectivity index (χ0v) is 61.2. The Labute approximate surface area is 574 Å². The molecule has 7 atom stereocenters. The molecule has 93 heavy (non-hydrogen) atoms. The number of aliphatic hydroxyl groups excluding tert-OH is 5. The average Bonchev–Trinajstić information content (AvgIpc) is 0.935. The van der Waals surface area contributed by atoms with Gasteiger partial charge in [-0.2, -0.15) is 0 Å². The molecule has 7 unspecified atom stereocenters. The molecule has 1 amide bonds. The van der Waals surface area contributed by atoms with Crippen LogP contribution >= 0.6 is 0 Å². The standard InChI is InChI=1S/C82H155NO10/c1-3-5-7-9-11-13-15-16-17-18-41-44-47-50-54-58-62-66-70-78(87)91-71-67-63-59-55-51-48-45-42-39-37-35-33-31-29-27-25-23-21-19-20-22-24-26-28-30-32-34-36-38-40-43-46-49-53-57-61-65-69-77(86)83-74(73-92-82-81(90)80(89)79(88)76(72-84)93-82)75(85)68-64-60-56-52-14-12-10-8-6-4-2/h13,15,17-18,64,68,74-76,79-82,84-85,88-90H,3-12,14,16,19-63,65-67,69-73H2,1-2H3,(H,83,86)/b15-13-,18-17-,68-64+. The van der Waals surface area contributed by atoms with E-state index in [1.165, 1.54) is 321 Å². The second kappa shape index (κ2) is 71.2. The summed E-state index contributed by atoms with van der Waals surface area (Å²) >= 11 is 0. The summed E-state index contributed by atoms with van der Waals surface area (Å²) < 4.78 is 16.8. The van der Waals surface area contributed by atoms with Gasteiger partial charge in [0, 0.05) is 12.8 Å². The lowest BCUT2D eigenvalue weighted by atomic mass is 9.99. The summed E-state index contributed by atoms with van der Waals surface area (Å²) in [6.07, 6.45) is 83.4. The number of carbonyl (C=O) groups is 2. The first-order chi connectivity index (χ1) is 45.7. The first kappa shape index (κ1) is 88.9. The molecular formula is C82H155NO10. The van der Waals surface area contributed by atoms with Crippen LogP contribution in [0.3, 0.4) is 0 Å². The third-order valence-electron chi connectivity index (χ3n) is 19.5. The smallest absolute Gasteiger partial charge is 0.305 e. The first-order valence-corrected chi connectivity index (χ1v) is 40.8. The number of carbonyl (C=O) groups excluding carboxylic acids is 2. The van der Waals surface area contributed by atoms with Gasteiger partial charge in [-0.1, -0.05) is 371 Å². The number of hydrogen-bond acceptors (Lipinski definition) is 10. The number of ether oxygens (including phenoxy) is 3. The van der Waals surface area contributed by atoms with Crippen molar-refractivity contribution >= 4 is 11.9 Å². The number of allylic oxidation sites excluding steroid dienone is 5. The van der Waals surface area contributed by atoms with Crippen molar-refractivity contribution in [3.8, 4) is 0 Å². The summed E-state index contributed by atoms with van der Waals surface area (Å²) in [4.78, 5) is 25.2. The lowest BCUT2D eigenvalue weighted by Gasteiger charge is -2.40. The van der Waals surface area contributed by atoms with Gasteiger partial charge in [-0.3, -0.25) is 9.59 Å². The quantitative estimate of drug-likeness (QED) is 0.0195. The van der Waals surface area contributed by atoms with E-state index in [1.54, 1.807) is 6.08 Å². The van der Waals surface area contributed by atoms with Crippen LogP contribution in [0.1, 0.15) is 412 Å². The highest BCUT2D eigenvalue weighted by atomic mass is 16.7. The number of nitrogens with one attached hydrogen (secondary N) is 1. The molecule has 1 heterocycles. The number of amides is 1. The summed E-state index contributed by atoms with van der Waals surface area (Å²) in [5.74, 6) is -0.165. The Morgan fingerprint density at radius 3 is 1.10 bits per heavy atom. The van der Waals surface area contributed by atoms with Gasteiger partial charge in [0.05, 0.1) is 32.0 Å². The van der Waals surface area contributed by atoms with Gasteiger partial charge < -0.3 is 45.1 Å². The molecule has 0 radical (unpaired) electrons. The van der Waals surface area contributed by atoms with Crippen LogP contribution in [0.15, 0.2) is 36.5 Å². The number of hydrogen-bond donors (Lipinski definition) is 6. The van der Waals surface area contributed by atoms with E-state index >= 15 is 0 Å². The Kier molecular flexibility index (Phi) is 68.0. The van der Waals surface area contributed by atoms with Crippen molar-refractivity contribution in [2.45, 2.75) is 455 Å². The molecule has 0 aromatic heterocycles. The topological polar surface area (TPSA) is 175 Å². The van der Waals surface area contributed by atoms with Crippen molar-refractivity contribution in [1.29, 1.82) is 0 Å². The summed E-state index contributed by atoms with van der Waals surface area (Å²) in [5, 5.41) is 54.4. The van der Waals surface area contributed by atoms with Crippen LogP contribution in [0, 0.1) is 0 Å². The molecule has 1 rings (SSSR count). The molecule has 1 aliphatic rings. The maximum atomic E-state index is 13.0. The van der Waals surface area contributed by atoms with E-state index < -0.39 is 49.5 Å². The number of aliphatic hydroxyl groups is 5. The van der Waals surface area contributed by atoms with Gasteiger partial charge in [-0.15, -0.1) is 0 Å². The molecule has 0 bridgehead atoms. The second-order valence-corrected chi connectivity index (χ2v) is 28.5. The minimum atomic E-state index is -1.57. The summed E-state index contributed by atoms with van der Waals surface area (Å²) in [6, 6.07) is -0.804. The molecule has 0 aromatic carbocycles. The van der Waals surface area contributed by atoms with Crippen LogP contribution in [0.5, 0.6) is 0 Å². The SMILES string of the molecule is CCCCCC/C=C\C/C=C\CCCCCCCCCC(=O)OCCCCCCCCCCCCCCCCCCCCCCCCCCCCCCCCCCCCCCCC(=O)NC(COC1OC(CO)C(O)C(O)C1O)C(O)/C=C/CCCCCCCCCC. The van der Waals surface area contributed by atoms with Crippen LogP contribution < -0.4 is 5.32 Å². The van der Waals surface area contributed by atoms with Crippen molar-refractivity contribution in [3.05, 3.63) is 36.5 Å². The van der Waals surface area contributed by atoms with Crippen molar-refractivity contribution in [2.75, 3.05) is 19.8 Å². The van der Waals surface area contributed by atoms with Crippen molar-refractivity contribution in [1.82, 2.24) is 5.32 Å². The summed E-state index contributed by atoms with van der Waals surface area (Å²) in [6.45, 7) is 4.36. The molecular weight excluding hydrogens is 1160 g/mol. The lowest BCUT2D eigenvalue weighted by Crippen LogP contribution is -2.60. The average molecular weight is 1320 g/mol. The highest BCUT2D eigenvalue weighted by molar-refractivity contribution is 5.76. The van der Waals surface area contributed by atoms with E-state index in [1.807, 2.05) is 6.08 Å². The molecule has 0 spiro atoms. The fourth-order valence-electron chi connectivity index (χ4n) is 13.1. The number of unbranched alkanes of at least 4 members (excludes halogenated alkanes) is 55. The van der Waals surface area contributed by atoms with Crippen LogP contribution in [0.25, 0.3) is 0 Å². The number of esters is 1. The van der Waals surface area contributed by atoms with Gasteiger partial charge in [-0.05, 0) is 64.2 Å². The maximum absolute atomic E-state index is 13.0. The molecule has 0 aromatic rings. The van der Waals surface area contributed by atoms with Crippen molar-refractivity contribution < 1.29 is 49.3 Å². The third-order valence-corrected chi connectivity index (χ3v) is 19.5. The van der Waals surface area contributed by atoms with E-state index in [9.17, 15) is 35.1 Å². The van der Waals surface area contributed by atoms with E-state index in [0.29, 0.717) is 19.4 Å². The molecule has 11 heteroatoms. The third kappa shape index (κ3) is 59.6. The predicted molar refractivity (Wildman–Crippen MR) is 394 cm³/mol. The van der Waals surface area contributed by atoms with Gasteiger partial charge in [0.2, 0.25) is 5.91 Å². The van der Waals surface area contributed by atoms with Gasteiger partial charge in [-0.25, -0.2) is 0 Å². The minimum absolute atomic E-state index is 0.0105. The van der Waals surface area contributed by atoms with E-state index in [2.05, 4.69) is 43.5 Å². The van der Waals surface area contributed by atoms with Gasteiger partial charge in [0.25, 0.3) is 0 Å². The normalized spacial score (nSPS) is 17.6. The predicted octanol–water partition coefficient (Wildman–Crippen LogP) is 22.1. The summed E-state index contributed by atoms with van der Waals surface area (Å²) in [7, 11) is 0. The van der Waals surface area contributed by atoms with Crippen molar-refractivity contribution in [3.63, 3.8) is 0 Å². The van der Waals surface area contributed by atoms with E-state index in [4.69, 9.17) is 14.2 Å². The van der Waals surface area contributed by atoms with Crippen LogP contribution in [-0.2, 0) is 23.8 Å². The fourth-order valence-corrected chi connectivity index (χ4v) is 13.1. The van der Waals surface area contributed by atoms with Crippen molar-refractivity contribution in [2.24, 2.45) is 0 Å². The Bertz CT molecular complexity index is 1640. The molecule has 11 nitrogen and oxygen atoms in total. The second-order valence-electron chi connectivity index (χ2n) is 28.5. The van der Waals surface area contributed by atoms with Crippen LogP contribution in [0.4, 0.5) is 0 Å².